The van der Waals surface area contributed by atoms with Gasteiger partial charge in [-0.1, -0.05) is 23.3 Å². The first-order valence-electron chi connectivity index (χ1n) is 13.8. The van der Waals surface area contributed by atoms with Gasteiger partial charge in [0, 0.05) is 54.5 Å². The molecule has 4 atom stereocenters. The number of carbonyl (C=O) groups is 1. The van der Waals surface area contributed by atoms with Crippen LogP contribution in [0.2, 0.25) is 0 Å². The Kier molecular flexibility index (Phi) is 5.29. The van der Waals surface area contributed by atoms with E-state index in [-0.39, 0.29) is 63.7 Å². The van der Waals surface area contributed by atoms with Crippen LogP contribution in [0.15, 0.2) is 65.8 Å². The zero-order valence-electron chi connectivity index (χ0n) is 23.3. The van der Waals surface area contributed by atoms with Crippen molar-refractivity contribution in [1.82, 2.24) is 0 Å². The zero-order valence-corrected chi connectivity index (χ0v) is 23.3. The van der Waals surface area contributed by atoms with E-state index in [1.54, 1.807) is 12.1 Å². The van der Waals surface area contributed by atoms with Crippen LogP contribution < -0.4 is 14.2 Å². The zero-order chi connectivity index (χ0) is 29.8. The van der Waals surface area contributed by atoms with Gasteiger partial charge in [0.25, 0.3) is 5.79 Å². The third-order valence-electron chi connectivity index (χ3n) is 8.83. The number of Topliss-reactive ketones (excluding diaryl/α,β-unsaturated/α-hetero) is 1. The lowest BCUT2D eigenvalue weighted by atomic mass is 9.69. The maximum absolute atomic E-state index is 14.5. The predicted octanol–water partition coefficient (Wildman–Crippen LogP) is 5.53. The number of phenolic OH excluding ortho intramolecular Hbond substituents is 4. The number of fused-ring (bicyclic) bond motifs is 8. The van der Waals surface area contributed by atoms with Crippen LogP contribution in [0, 0.1) is 0 Å². The predicted molar refractivity (Wildman–Crippen MR) is 150 cm³/mol. The Hall–Kier alpha value is -4.63. The summed E-state index contributed by atoms with van der Waals surface area (Å²) >= 11 is 0. The number of hydrogen-bond acceptors (Lipinski definition) is 9. The van der Waals surface area contributed by atoms with Crippen LogP contribution in [0.4, 0.5) is 0 Å². The maximum Gasteiger partial charge on any atom is 0.286 e. The van der Waals surface area contributed by atoms with Crippen LogP contribution in [0.25, 0.3) is 0 Å². The molecular formula is C33H30O9. The van der Waals surface area contributed by atoms with E-state index in [4.69, 9.17) is 14.2 Å². The number of aromatic hydroxyl groups is 4. The van der Waals surface area contributed by atoms with Crippen molar-refractivity contribution in [2.45, 2.75) is 62.9 Å². The van der Waals surface area contributed by atoms with Gasteiger partial charge < -0.3 is 39.7 Å². The third-order valence-corrected chi connectivity index (χ3v) is 8.83. The molecule has 1 aliphatic carbocycles. The number of rotatable bonds is 3. The van der Waals surface area contributed by atoms with E-state index >= 15 is 0 Å². The normalized spacial score (nSPS) is 28.1. The molecule has 0 aromatic heterocycles. The molecule has 9 heteroatoms. The van der Waals surface area contributed by atoms with E-state index in [2.05, 4.69) is 0 Å². The second-order valence-electron chi connectivity index (χ2n) is 12.0. The summed E-state index contributed by atoms with van der Waals surface area (Å²) in [4.78, 5) is 14.5. The second-order valence-corrected chi connectivity index (χ2v) is 12.0. The van der Waals surface area contributed by atoms with Crippen molar-refractivity contribution >= 4 is 5.78 Å². The van der Waals surface area contributed by atoms with Crippen LogP contribution in [0.3, 0.4) is 0 Å². The molecule has 3 aromatic carbocycles. The Morgan fingerprint density at radius 1 is 0.929 bits per heavy atom. The molecule has 3 aliphatic heterocycles. The molecule has 216 valence electrons. The van der Waals surface area contributed by atoms with Gasteiger partial charge >= 0.3 is 0 Å². The summed E-state index contributed by atoms with van der Waals surface area (Å²) in [5.41, 5.74) is -0.213. The fourth-order valence-corrected chi connectivity index (χ4v) is 7.03. The van der Waals surface area contributed by atoms with Gasteiger partial charge in [-0.3, -0.25) is 4.79 Å². The number of hydrogen-bond donors (Lipinski definition) is 5. The molecule has 0 amide bonds. The van der Waals surface area contributed by atoms with Crippen LogP contribution in [0.5, 0.6) is 40.2 Å². The highest BCUT2D eigenvalue weighted by molar-refractivity contribution is 6.10. The van der Waals surface area contributed by atoms with Crippen molar-refractivity contribution in [2.75, 3.05) is 0 Å². The van der Waals surface area contributed by atoms with Gasteiger partial charge in [0.05, 0.1) is 5.56 Å². The maximum atomic E-state index is 14.5. The summed E-state index contributed by atoms with van der Waals surface area (Å²) in [5.74, 6) is -3.69. The molecule has 5 N–H and O–H groups in total. The number of benzene rings is 3. The van der Waals surface area contributed by atoms with Crippen molar-refractivity contribution in [1.29, 1.82) is 0 Å². The third kappa shape index (κ3) is 3.37. The highest BCUT2D eigenvalue weighted by Gasteiger charge is 2.70. The second kappa shape index (κ2) is 8.45. The first-order chi connectivity index (χ1) is 19.9. The van der Waals surface area contributed by atoms with Gasteiger partial charge in [-0.2, -0.15) is 0 Å². The highest BCUT2D eigenvalue weighted by Crippen LogP contribution is 2.62. The standard InChI is InChI=1S/C33H30O9/c1-16(2)8-9-32-30(38)28-26(42-33(32,39)22-7-5-20(35)12-24(22)41-32)13-25-27(29(28)37)18-10-17(3)14-31(15-18,40-25)21-6-4-19(34)11-23(21)36/h4-8,10-13,18,34-37,39H,9,14-15H2,1-3H3/t18-,31-,32+,33+/m1/s1. The summed E-state index contributed by atoms with van der Waals surface area (Å²) < 4.78 is 19.0. The molecule has 0 unspecified atom stereocenters. The van der Waals surface area contributed by atoms with Gasteiger partial charge in [-0.15, -0.1) is 0 Å². The number of ketones is 1. The van der Waals surface area contributed by atoms with Gasteiger partial charge in [0.2, 0.25) is 11.4 Å². The van der Waals surface area contributed by atoms with Crippen LogP contribution >= 0.6 is 0 Å². The minimum absolute atomic E-state index is 0.0573. The molecule has 7 rings (SSSR count). The Labute approximate surface area is 241 Å². The molecule has 3 aromatic rings. The molecule has 42 heavy (non-hydrogen) atoms. The Bertz CT molecular complexity index is 1770. The van der Waals surface area contributed by atoms with E-state index < -0.39 is 22.8 Å². The van der Waals surface area contributed by atoms with Crippen LogP contribution in [-0.4, -0.2) is 36.9 Å². The average molecular weight is 571 g/mol. The smallest absolute Gasteiger partial charge is 0.286 e. The van der Waals surface area contributed by atoms with E-state index in [0.29, 0.717) is 24.0 Å². The summed E-state index contributed by atoms with van der Waals surface area (Å²) in [7, 11) is 0. The summed E-state index contributed by atoms with van der Waals surface area (Å²) in [6.07, 6.45) is 4.52. The van der Waals surface area contributed by atoms with Crippen molar-refractivity contribution in [2.24, 2.45) is 0 Å². The molecule has 0 saturated heterocycles. The first-order valence-corrected chi connectivity index (χ1v) is 13.8. The Morgan fingerprint density at radius 2 is 1.64 bits per heavy atom. The van der Waals surface area contributed by atoms with E-state index in [0.717, 1.165) is 11.1 Å². The largest absolute Gasteiger partial charge is 0.508 e. The minimum atomic E-state index is -2.28. The fraction of sp³-hybridized carbons (Fsp3) is 0.303. The number of ether oxygens (including phenoxy) is 3. The molecule has 0 fully saturated rings. The number of phenols is 4. The lowest BCUT2D eigenvalue weighted by Crippen LogP contribution is -2.62. The molecule has 3 heterocycles. The van der Waals surface area contributed by atoms with Gasteiger partial charge in [-0.05, 0) is 45.0 Å². The number of aliphatic hydroxyl groups is 1. The summed E-state index contributed by atoms with van der Waals surface area (Å²) in [6.45, 7) is 5.64. The van der Waals surface area contributed by atoms with Gasteiger partial charge in [-0.25, -0.2) is 0 Å². The summed E-state index contributed by atoms with van der Waals surface area (Å²) in [5, 5.41) is 54.7. The van der Waals surface area contributed by atoms with E-state index in [9.17, 15) is 30.3 Å². The lowest BCUT2D eigenvalue weighted by Gasteiger charge is -2.47. The first kappa shape index (κ1) is 26.3. The van der Waals surface area contributed by atoms with E-state index in [1.807, 2.05) is 26.8 Å². The van der Waals surface area contributed by atoms with Crippen LogP contribution in [-0.2, 0) is 11.4 Å². The molecule has 0 radical (unpaired) electrons. The van der Waals surface area contributed by atoms with E-state index in [1.165, 1.54) is 36.4 Å². The minimum Gasteiger partial charge on any atom is -0.508 e. The SMILES string of the molecule is CC(C)=CC[C@@]12Oc3cc(O)ccc3[C@]1(O)Oc1cc3c(c(O)c1C2=O)[C@@H]1C=C(C)C[C@](c2ccc(O)cc2O)(C1)O3. The molecule has 2 bridgehead atoms. The molecule has 0 saturated carbocycles. The molecule has 0 spiro atoms. The molecule has 4 aliphatic rings. The van der Waals surface area contributed by atoms with Gasteiger partial charge in [0.1, 0.15) is 51.4 Å². The Morgan fingerprint density at radius 3 is 2.36 bits per heavy atom. The topological polar surface area (TPSA) is 146 Å². The summed E-state index contributed by atoms with van der Waals surface area (Å²) in [6, 6.07) is 9.99. The molecule has 9 nitrogen and oxygen atoms in total. The van der Waals surface area contributed by atoms with Gasteiger partial charge in [0.15, 0.2) is 0 Å². The van der Waals surface area contributed by atoms with Crippen molar-refractivity contribution in [3.05, 3.63) is 88.0 Å². The highest BCUT2D eigenvalue weighted by atomic mass is 16.7. The van der Waals surface area contributed by atoms with Crippen molar-refractivity contribution < 1.29 is 44.5 Å². The fourth-order valence-electron chi connectivity index (χ4n) is 7.03. The number of carbonyl (C=O) groups excluding carboxylic acids is 1. The monoisotopic (exact) mass is 570 g/mol. The average Bonchev–Trinajstić information content (AvgIpc) is 3.14. The molecular weight excluding hydrogens is 540 g/mol. The van der Waals surface area contributed by atoms with Crippen LogP contribution in [0.1, 0.15) is 73.0 Å². The lowest BCUT2D eigenvalue weighted by molar-refractivity contribution is -0.221. The van der Waals surface area contributed by atoms with Crippen molar-refractivity contribution in [3.8, 4) is 40.2 Å². The quantitative estimate of drug-likeness (QED) is 0.257. The Balaban J connectivity index is 1.43. The van der Waals surface area contributed by atoms with Crippen molar-refractivity contribution in [3.63, 3.8) is 0 Å². The number of allylic oxidation sites excluding steroid dienone is 2.